The molecule has 0 aliphatic carbocycles. The van der Waals surface area contributed by atoms with E-state index in [0.717, 1.165) is 4.47 Å². The highest BCUT2D eigenvalue weighted by Crippen LogP contribution is 2.25. The molecule has 0 bridgehead atoms. The molecule has 0 aromatic heterocycles. The van der Waals surface area contributed by atoms with Crippen LogP contribution in [0.4, 0.5) is 0 Å². The van der Waals surface area contributed by atoms with Crippen LogP contribution in [0.15, 0.2) is 28.7 Å². The van der Waals surface area contributed by atoms with Crippen molar-refractivity contribution in [1.82, 2.24) is 5.32 Å². The molecule has 0 saturated heterocycles. The van der Waals surface area contributed by atoms with Crippen LogP contribution < -0.4 is 10.1 Å². The van der Waals surface area contributed by atoms with E-state index < -0.39 is 17.6 Å². The molecule has 2 atom stereocenters. The normalized spacial score (nSPS) is 15.0. The van der Waals surface area contributed by atoms with Crippen molar-refractivity contribution in [3.8, 4) is 5.75 Å². The molecule has 2 unspecified atom stereocenters. The number of rotatable bonds is 7. The number of halogens is 1. The Kier molecular flexibility index (Phi) is 6.41. The van der Waals surface area contributed by atoms with Gasteiger partial charge in [0, 0.05) is 0 Å². The van der Waals surface area contributed by atoms with Crippen molar-refractivity contribution in [2.75, 3.05) is 0 Å². The van der Waals surface area contributed by atoms with Crippen molar-refractivity contribution >= 4 is 27.8 Å². The monoisotopic (exact) mass is 371 g/mol. The van der Waals surface area contributed by atoms with Gasteiger partial charge in [0.05, 0.1) is 16.4 Å². The molecule has 1 rings (SSSR count). The molecule has 6 heteroatoms. The highest BCUT2D eigenvalue weighted by Gasteiger charge is 2.34. The van der Waals surface area contributed by atoms with Gasteiger partial charge in [-0.05, 0) is 47.8 Å². The number of nitrogens with one attached hydrogen (secondary N) is 1. The number of hydrogen-bond acceptors (Lipinski definition) is 3. The van der Waals surface area contributed by atoms with E-state index in [4.69, 9.17) is 9.84 Å². The van der Waals surface area contributed by atoms with Crippen LogP contribution in [0.3, 0.4) is 0 Å². The van der Waals surface area contributed by atoms with Gasteiger partial charge in [-0.15, -0.1) is 0 Å². The molecule has 1 aromatic carbocycles. The summed E-state index contributed by atoms with van der Waals surface area (Å²) >= 11 is 3.36. The topological polar surface area (TPSA) is 75.6 Å². The lowest BCUT2D eigenvalue weighted by Crippen LogP contribution is -2.54. The van der Waals surface area contributed by atoms with Crippen molar-refractivity contribution in [2.24, 2.45) is 5.92 Å². The quantitative estimate of drug-likeness (QED) is 0.771. The van der Waals surface area contributed by atoms with Gasteiger partial charge in [-0.3, -0.25) is 9.59 Å². The third-order valence-corrected chi connectivity index (χ3v) is 4.37. The summed E-state index contributed by atoms with van der Waals surface area (Å²) in [6.45, 7) is 7.12. The summed E-state index contributed by atoms with van der Waals surface area (Å²) in [7, 11) is 0. The Morgan fingerprint density at radius 1 is 1.32 bits per heavy atom. The SMILES string of the molecule is CC(Oc1ccccc1Br)C(=O)NC(C)(CC(=O)O)C(C)C. The summed E-state index contributed by atoms with van der Waals surface area (Å²) in [5.41, 5.74) is -0.825. The first-order valence-electron chi connectivity index (χ1n) is 7.10. The Bertz CT molecular complexity index is 547. The Morgan fingerprint density at radius 2 is 1.91 bits per heavy atom. The van der Waals surface area contributed by atoms with Gasteiger partial charge in [0.15, 0.2) is 6.10 Å². The lowest BCUT2D eigenvalue weighted by molar-refractivity contribution is -0.140. The number of hydrogen-bond donors (Lipinski definition) is 2. The van der Waals surface area contributed by atoms with Gasteiger partial charge >= 0.3 is 5.97 Å². The van der Waals surface area contributed by atoms with Gasteiger partial charge in [0.1, 0.15) is 5.75 Å². The number of carbonyl (C=O) groups is 2. The summed E-state index contributed by atoms with van der Waals surface area (Å²) in [4.78, 5) is 23.3. The second-order valence-electron chi connectivity index (χ2n) is 5.82. The van der Waals surface area contributed by atoms with Crippen molar-refractivity contribution in [3.63, 3.8) is 0 Å². The molecule has 0 saturated carbocycles. The molecule has 0 aliphatic heterocycles. The number of carboxylic acids is 1. The molecule has 5 nitrogen and oxygen atoms in total. The average Bonchev–Trinajstić information content (AvgIpc) is 2.40. The molecule has 0 spiro atoms. The molecule has 0 aliphatic rings. The Morgan fingerprint density at radius 3 is 2.41 bits per heavy atom. The molecule has 2 N–H and O–H groups in total. The maximum Gasteiger partial charge on any atom is 0.305 e. The van der Waals surface area contributed by atoms with Crippen LogP contribution in [0.2, 0.25) is 0 Å². The Balaban J connectivity index is 2.77. The molecule has 0 radical (unpaired) electrons. The summed E-state index contributed by atoms with van der Waals surface area (Å²) in [5, 5.41) is 11.8. The second kappa shape index (κ2) is 7.63. The minimum Gasteiger partial charge on any atom is -0.481 e. The summed E-state index contributed by atoms with van der Waals surface area (Å²) in [6, 6.07) is 7.24. The lowest BCUT2D eigenvalue weighted by atomic mass is 9.85. The highest BCUT2D eigenvalue weighted by atomic mass is 79.9. The van der Waals surface area contributed by atoms with Gasteiger partial charge in [-0.2, -0.15) is 0 Å². The van der Waals surface area contributed by atoms with Crippen LogP contribution in [0, 0.1) is 5.92 Å². The van der Waals surface area contributed by atoms with E-state index >= 15 is 0 Å². The first-order valence-corrected chi connectivity index (χ1v) is 7.90. The second-order valence-corrected chi connectivity index (χ2v) is 6.68. The van der Waals surface area contributed by atoms with Crippen LogP contribution in [0.25, 0.3) is 0 Å². The zero-order valence-corrected chi connectivity index (χ0v) is 14.8. The molecule has 22 heavy (non-hydrogen) atoms. The van der Waals surface area contributed by atoms with Crippen LogP contribution in [0.5, 0.6) is 5.75 Å². The Hall–Kier alpha value is -1.56. The standard InChI is InChI=1S/C16H22BrNO4/c1-10(2)16(4,9-14(19)20)18-15(21)11(3)22-13-8-6-5-7-12(13)17/h5-8,10-11H,9H2,1-4H3,(H,18,21)(H,19,20). The van der Waals surface area contributed by atoms with E-state index in [9.17, 15) is 9.59 Å². The van der Waals surface area contributed by atoms with Crippen LogP contribution in [-0.4, -0.2) is 28.6 Å². The number of carboxylic acid groups (broad SMARTS) is 1. The first kappa shape index (κ1) is 18.5. The van der Waals surface area contributed by atoms with Gasteiger partial charge in [0.2, 0.25) is 0 Å². The Labute approximate surface area is 139 Å². The van der Waals surface area contributed by atoms with E-state index in [0.29, 0.717) is 5.75 Å². The average molecular weight is 372 g/mol. The maximum atomic E-state index is 12.3. The molecule has 0 fully saturated rings. The molecule has 122 valence electrons. The van der Waals surface area contributed by atoms with E-state index in [1.54, 1.807) is 19.9 Å². The molecule has 1 amide bonds. The van der Waals surface area contributed by atoms with Crippen LogP contribution in [-0.2, 0) is 9.59 Å². The summed E-state index contributed by atoms with van der Waals surface area (Å²) in [6.07, 6.45) is -0.872. The fourth-order valence-corrected chi connectivity index (χ4v) is 2.25. The maximum absolute atomic E-state index is 12.3. The lowest BCUT2D eigenvalue weighted by Gasteiger charge is -2.34. The number of aliphatic carboxylic acids is 1. The molecule has 1 aromatic rings. The predicted molar refractivity (Wildman–Crippen MR) is 87.9 cm³/mol. The fourth-order valence-electron chi connectivity index (χ4n) is 1.87. The summed E-state index contributed by atoms with van der Waals surface area (Å²) < 4.78 is 6.39. The number of benzene rings is 1. The minimum absolute atomic E-state index is 0.0248. The van der Waals surface area contributed by atoms with Crippen molar-refractivity contribution in [3.05, 3.63) is 28.7 Å². The van der Waals surface area contributed by atoms with Gasteiger partial charge in [-0.25, -0.2) is 0 Å². The van der Waals surface area contributed by atoms with Gasteiger partial charge < -0.3 is 15.2 Å². The number of para-hydroxylation sites is 1. The number of ether oxygens (including phenoxy) is 1. The van der Waals surface area contributed by atoms with E-state index in [2.05, 4.69) is 21.2 Å². The molecular weight excluding hydrogens is 350 g/mol. The van der Waals surface area contributed by atoms with Crippen molar-refractivity contribution in [2.45, 2.75) is 45.8 Å². The summed E-state index contributed by atoms with van der Waals surface area (Å²) in [5.74, 6) is -0.748. The molecular formula is C16H22BrNO4. The largest absolute Gasteiger partial charge is 0.481 e. The number of amides is 1. The third kappa shape index (κ3) is 5.02. The van der Waals surface area contributed by atoms with Crippen molar-refractivity contribution < 1.29 is 19.4 Å². The van der Waals surface area contributed by atoms with Crippen LogP contribution in [0.1, 0.15) is 34.1 Å². The van der Waals surface area contributed by atoms with Crippen LogP contribution >= 0.6 is 15.9 Å². The van der Waals surface area contributed by atoms with Gasteiger partial charge in [0.25, 0.3) is 5.91 Å². The molecule has 0 heterocycles. The fraction of sp³-hybridized carbons (Fsp3) is 0.500. The van der Waals surface area contributed by atoms with E-state index in [-0.39, 0.29) is 18.2 Å². The van der Waals surface area contributed by atoms with E-state index in [1.807, 2.05) is 32.0 Å². The zero-order valence-electron chi connectivity index (χ0n) is 13.2. The van der Waals surface area contributed by atoms with Crippen molar-refractivity contribution in [1.29, 1.82) is 0 Å². The van der Waals surface area contributed by atoms with E-state index in [1.165, 1.54) is 0 Å². The number of carbonyl (C=O) groups excluding carboxylic acids is 1. The smallest absolute Gasteiger partial charge is 0.305 e. The first-order chi connectivity index (χ1) is 10.2. The predicted octanol–water partition coefficient (Wildman–Crippen LogP) is 3.22. The van der Waals surface area contributed by atoms with Gasteiger partial charge in [-0.1, -0.05) is 26.0 Å². The highest BCUT2D eigenvalue weighted by molar-refractivity contribution is 9.10. The third-order valence-electron chi connectivity index (χ3n) is 3.71. The minimum atomic E-state index is -0.948. The zero-order chi connectivity index (χ0) is 16.9.